The number of rotatable bonds is 4. The van der Waals surface area contributed by atoms with Crippen molar-refractivity contribution < 1.29 is 10.2 Å². The van der Waals surface area contributed by atoms with Crippen LogP contribution in [0, 0.1) is 0 Å². The summed E-state index contributed by atoms with van der Waals surface area (Å²) in [5, 5.41) is 22.5. The number of aliphatic hydroxyl groups is 2. The maximum absolute atomic E-state index is 9.03. The quantitative estimate of drug-likeness (QED) is 0.620. The maximum Gasteiger partial charge on any atom is 0.0864 e. The summed E-state index contributed by atoms with van der Waals surface area (Å²) in [6.45, 7) is -0.181. The van der Waals surface area contributed by atoms with Crippen LogP contribution < -0.4 is 5.32 Å². The maximum atomic E-state index is 9.03. The van der Waals surface area contributed by atoms with E-state index in [2.05, 4.69) is 5.32 Å². The molecule has 0 spiro atoms. The van der Waals surface area contributed by atoms with Crippen LogP contribution in [0.5, 0.6) is 0 Å². The molecule has 1 aliphatic heterocycles. The molecule has 0 radical (unpaired) electrons. The van der Waals surface area contributed by atoms with Gasteiger partial charge in [-0.3, -0.25) is 0 Å². The van der Waals surface area contributed by atoms with Crippen LogP contribution in [0.2, 0.25) is 0 Å². The highest BCUT2D eigenvalue weighted by Crippen LogP contribution is 2.09. The lowest BCUT2D eigenvalue weighted by atomic mass is 10.3. The van der Waals surface area contributed by atoms with Crippen molar-refractivity contribution in [2.45, 2.75) is 6.10 Å². The van der Waals surface area contributed by atoms with Crippen LogP contribution in [0.4, 0.5) is 0 Å². The molecular weight excluding hydrogens is 186 g/mol. The number of allylic oxidation sites excluding steroid dienone is 3. The molecule has 13 heavy (non-hydrogen) atoms. The summed E-state index contributed by atoms with van der Waals surface area (Å²) in [6.07, 6.45) is 6.99. The fourth-order valence-electron chi connectivity index (χ4n) is 0.782. The Balaban J connectivity index is 2.24. The normalized spacial score (nSPS) is 20.3. The second kappa shape index (κ2) is 5.85. The molecule has 0 aliphatic carbocycles. The van der Waals surface area contributed by atoms with Crippen molar-refractivity contribution in [2.24, 2.45) is 0 Å². The van der Waals surface area contributed by atoms with E-state index in [4.69, 9.17) is 10.2 Å². The van der Waals surface area contributed by atoms with Gasteiger partial charge in [-0.25, -0.2) is 0 Å². The Bertz CT molecular complexity index is 236. The number of hydrogen-bond acceptors (Lipinski definition) is 4. The molecular formula is C9H13NO2S. The highest BCUT2D eigenvalue weighted by molar-refractivity contribution is 8.02. The molecule has 0 aromatic carbocycles. The van der Waals surface area contributed by atoms with Crippen molar-refractivity contribution in [1.29, 1.82) is 0 Å². The van der Waals surface area contributed by atoms with Crippen LogP contribution >= 0.6 is 11.8 Å². The van der Waals surface area contributed by atoms with E-state index in [9.17, 15) is 0 Å². The van der Waals surface area contributed by atoms with Gasteiger partial charge in [0.05, 0.1) is 12.7 Å². The molecule has 0 bridgehead atoms. The minimum Gasteiger partial charge on any atom is -0.394 e. The molecule has 0 saturated heterocycles. The van der Waals surface area contributed by atoms with Gasteiger partial charge in [-0.2, -0.15) is 0 Å². The molecule has 1 atom stereocenters. The molecule has 0 amide bonds. The van der Waals surface area contributed by atoms with Crippen LogP contribution in [-0.4, -0.2) is 28.7 Å². The number of thioether (sulfide) groups is 1. The predicted molar refractivity (Wildman–Crippen MR) is 55.0 cm³/mol. The van der Waals surface area contributed by atoms with E-state index in [0.717, 1.165) is 5.70 Å². The van der Waals surface area contributed by atoms with E-state index >= 15 is 0 Å². The second-order valence-electron chi connectivity index (χ2n) is 2.61. The van der Waals surface area contributed by atoms with Crippen LogP contribution in [-0.2, 0) is 0 Å². The van der Waals surface area contributed by atoms with Gasteiger partial charge < -0.3 is 15.5 Å². The van der Waals surface area contributed by atoms with Gasteiger partial charge >= 0.3 is 0 Å². The molecule has 4 heteroatoms. The summed E-state index contributed by atoms with van der Waals surface area (Å²) in [5.41, 5.74) is 0.998. The van der Waals surface area contributed by atoms with E-state index in [1.165, 1.54) is 11.8 Å². The lowest BCUT2D eigenvalue weighted by molar-refractivity contribution is 0.113. The third kappa shape index (κ3) is 4.17. The van der Waals surface area contributed by atoms with Gasteiger partial charge in [-0.1, -0.05) is 6.08 Å². The van der Waals surface area contributed by atoms with E-state index in [0.29, 0.717) is 5.75 Å². The lowest BCUT2D eigenvalue weighted by Crippen LogP contribution is -2.14. The summed E-state index contributed by atoms with van der Waals surface area (Å²) in [6, 6.07) is 0. The smallest absolute Gasteiger partial charge is 0.0864 e. The summed E-state index contributed by atoms with van der Waals surface area (Å²) < 4.78 is 0. The molecule has 3 nitrogen and oxygen atoms in total. The fraction of sp³-hybridized carbons (Fsp3) is 0.333. The van der Waals surface area contributed by atoms with Crippen LogP contribution in [0.15, 0.2) is 35.5 Å². The predicted octanol–water partition coefficient (Wildman–Crippen LogP) is 0.587. The third-order valence-corrected chi connectivity index (χ3v) is 2.44. The Labute approximate surface area is 81.8 Å². The van der Waals surface area contributed by atoms with Gasteiger partial charge in [0, 0.05) is 17.6 Å². The number of aliphatic hydroxyl groups excluding tert-OH is 2. The zero-order valence-corrected chi connectivity index (χ0v) is 8.00. The minimum absolute atomic E-state index is 0.181. The van der Waals surface area contributed by atoms with Crippen LogP contribution in [0.1, 0.15) is 0 Å². The van der Waals surface area contributed by atoms with Gasteiger partial charge in [-0.05, 0) is 17.6 Å². The second-order valence-corrected chi connectivity index (χ2v) is 3.51. The first-order valence-corrected chi connectivity index (χ1v) is 5.08. The molecule has 0 aromatic heterocycles. The first-order chi connectivity index (χ1) is 6.33. The Morgan fingerprint density at radius 3 is 3.00 bits per heavy atom. The van der Waals surface area contributed by atoms with E-state index < -0.39 is 6.10 Å². The molecule has 72 valence electrons. The average Bonchev–Trinajstić information content (AvgIpc) is 2.19. The Morgan fingerprint density at radius 2 is 2.38 bits per heavy atom. The van der Waals surface area contributed by atoms with Gasteiger partial charge in [0.1, 0.15) is 0 Å². The average molecular weight is 199 g/mol. The van der Waals surface area contributed by atoms with Gasteiger partial charge in [0.25, 0.3) is 0 Å². The Morgan fingerprint density at radius 1 is 1.54 bits per heavy atom. The third-order valence-electron chi connectivity index (χ3n) is 1.44. The van der Waals surface area contributed by atoms with Crippen molar-refractivity contribution in [3.63, 3.8) is 0 Å². The first kappa shape index (κ1) is 10.4. The summed E-state index contributed by atoms with van der Waals surface area (Å²) in [5.74, 6) is 0.513. The van der Waals surface area contributed by atoms with Crippen molar-refractivity contribution in [3.05, 3.63) is 35.5 Å². The molecule has 1 aliphatic rings. The summed E-state index contributed by atoms with van der Waals surface area (Å²) in [7, 11) is 0. The monoisotopic (exact) mass is 199 g/mol. The number of dihydropyridines is 1. The highest BCUT2D eigenvalue weighted by Gasteiger charge is 2.00. The fourth-order valence-corrected chi connectivity index (χ4v) is 1.53. The van der Waals surface area contributed by atoms with Crippen LogP contribution in [0.25, 0.3) is 0 Å². The van der Waals surface area contributed by atoms with Crippen molar-refractivity contribution in [2.75, 3.05) is 12.4 Å². The number of nitrogens with one attached hydrogen (secondary N) is 1. The largest absolute Gasteiger partial charge is 0.394 e. The standard InChI is InChI=1S/C9H13NO2S/c11-5-9(12)7-13-6-8-3-1-2-4-10-8/h1-4,6,9-12H,5,7H2. The lowest BCUT2D eigenvalue weighted by Gasteiger charge is -2.06. The minimum atomic E-state index is -0.634. The molecule has 1 unspecified atom stereocenters. The van der Waals surface area contributed by atoms with Crippen molar-refractivity contribution >= 4 is 11.8 Å². The van der Waals surface area contributed by atoms with Crippen molar-refractivity contribution in [1.82, 2.24) is 5.32 Å². The molecule has 0 saturated carbocycles. The van der Waals surface area contributed by atoms with E-state index in [1.54, 1.807) is 0 Å². The molecule has 0 aromatic rings. The zero-order valence-electron chi connectivity index (χ0n) is 7.18. The van der Waals surface area contributed by atoms with E-state index in [-0.39, 0.29) is 6.61 Å². The van der Waals surface area contributed by atoms with Crippen molar-refractivity contribution in [3.8, 4) is 0 Å². The molecule has 0 fully saturated rings. The van der Waals surface area contributed by atoms with E-state index in [1.807, 2.05) is 29.8 Å². The topological polar surface area (TPSA) is 52.5 Å². The highest BCUT2D eigenvalue weighted by atomic mass is 32.2. The Kier molecular flexibility index (Phi) is 4.67. The molecule has 1 heterocycles. The Hall–Kier alpha value is -0.710. The molecule has 3 N–H and O–H groups in total. The molecule has 1 rings (SSSR count). The van der Waals surface area contributed by atoms with Gasteiger partial charge in [-0.15, -0.1) is 11.8 Å². The van der Waals surface area contributed by atoms with Gasteiger partial charge in [0.15, 0.2) is 0 Å². The SMILES string of the molecule is OCC(O)CSC=C1C=CC=CN1. The summed E-state index contributed by atoms with van der Waals surface area (Å²) in [4.78, 5) is 0. The van der Waals surface area contributed by atoms with Gasteiger partial charge in [0.2, 0.25) is 0 Å². The zero-order chi connectivity index (χ0) is 9.52. The van der Waals surface area contributed by atoms with Crippen LogP contribution in [0.3, 0.4) is 0 Å². The first-order valence-electron chi connectivity index (χ1n) is 4.03. The number of hydrogen-bond donors (Lipinski definition) is 3. The summed E-state index contributed by atoms with van der Waals surface area (Å²) >= 11 is 1.47.